The average Bonchev–Trinajstić information content (AvgIpc) is 2.86. The van der Waals surface area contributed by atoms with Gasteiger partial charge in [-0.05, 0) is 31.0 Å². The topological polar surface area (TPSA) is 67.2 Å². The van der Waals surface area contributed by atoms with Crippen molar-refractivity contribution in [3.8, 4) is 0 Å². The molecule has 1 aromatic carbocycles. The van der Waals surface area contributed by atoms with Gasteiger partial charge in [0.2, 0.25) is 0 Å². The predicted octanol–water partition coefficient (Wildman–Crippen LogP) is 2.25. The number of aryl methyl sites for hydroxylation is 1. The molecule has 1 fully saturated rings. The van der Waals surface area contributed by atoms with Crippen LogP contribution in [0, 0.1) is 6.92 Å². The number of hydrogen-bond donors (Lipinski definition) is 1. The summed E-state index contributed by atoms with van der Waals surface area (Å²) in [5, 5.41) is 3.87. The number of nitrogens with one attached hydrogen (secondary N) is 1. The summed E-state index contributed by atoms with van der Waals surface area (Å²) in [6, 6.07) is 9.83. The Labute approximate surface area is 161 Å². The zero-order valence-corrected chi connectivity index (χ0v) is 16.1. The van der Waals surface area contributed by atoms with Crippen LogP contribution in [0.5, 0.6) is 0 Å². The zero-order chi connectivity index (χ0) is 18.8. The summed E-state index contributed by atoms with van der Waals surface area (Å²) < 4.78 is 1.61. The van der Waals surface area contributed by atoms with Crippen LogP contribution in [-0.4, -0.2) is 46.5 Å². The second-order valence-electron chi connectivity index (χ2n) is 6.80. The smallest absolute Gasteiger partial charge is 0.264 e. The van der Waals surface area contributed by atoms with Crippen LogP contribution < -0.4 is 10.9 Å². The van der Waals surface area contributed by atoms with Crippen LogP contribution >= 0.6 is 11.3 Å². The number of nitrogens with zero attached hydrogens (tertiary/aromatic N) is 3. The fraction of sp³-hybridized carbons (Fsp3) is 0.350. The van der Waals surface area contributed by atoms with E-state index in [-0.39, 0.29) is 11.5 Å². The molecule has 27 heavy (non-hydrogen) atoms. The Morgan fingerprint density at radius 1 is 1.22 bits per heavy atom. The Morgan fingerprint density at radius 2 is 2.04 bits per heavy atom. The molecule has 3 aromatic rings. The minimum absolute atomic E-state index is 0.00760. The summed E-state index contributed by atoms with van der Waals surface area (Å²) in [5.41, 5.74) is 1.70. The van der Waals surface area contributed by atoms with Crippen molar-refractivity contribution in [2.24, 2.45) is 0 Å². The van der Waals surface area contributed by atoms with Gasteiger partial charge in [-0.15, -0.1) is 11.3 Å². The van der Waals surface area contributed by atoms with Gasteiger partial charge in [-0.25, -0.2) is 4.98 Å². The maximum Gasteiger partial charge on any atom is 0.264 e. The lowest BCUT2D eigenvalue weighted by Crippen LogP contribution is -2.34. The van der Waals surface area contributed by atoms with E-state index < -0.39 is 0 Å². The first-order valence-corrected chi connectivity index (χ1v) is 9.99. The van der Waals surface area contributed by atoms with E-state index in [0.717, 1.165) is 37.2 Å². The number of amides is 1. The monoisotopic (exact) mass is 382 g/mol. The molecule has 7 heteroatoms. The summed E-state index contributed by atoms with van der Waals surface area (Å²) in [7, 11) is 0. The van der Waals surface area contributed by atoms with Crippen LogP contribution in [0.25, 0.3) is 10.2 Å². The molecule has 0 radical (unpaired) electrons. The lowest BCUT2D eigenvalue weighted by Gasteiger charge is -2.19. The van der Waals surface area contributed by atoms with Crippen molar-refractivity contribution in [1.29, 1.82) is 0 Å². The van der Waals surface area contributed by atoms with E-state index in [0.29, 0.717) is 28.2 Å². The second kappa shape index (κ2) is 7.62. The molecule has 1 aliphatic heterocycles. The Bertz CT molecular complexity index is 1020. The highest BCUT2D eigenvalue weighted by Gasteiger charge is 2.24. The third-order valence-corrected chi connectivity index (χ3v) is 6.12. The number of aromatic nitrogens is 2. The van der Waals surface area contributed by atoms with E-state index in [1.165, 1.54) is 11.3 Å². The fourth-order valence-corrected chi connectivity index (χ4v) is 4.56. The van der Waals surface area contributed by atoms with Gasteiger partial charge >= 0.3 is 0 Å². The SMILES string of the molecule is Cc1c(C(=O)N2CCCNCC2)sc2ncn(Cc3ccccc3)c(=O)c12. The molecule has 4 rings (SSSR count). The molecule has 0 atom stereocenters. The minimum atomic E-state index is -0.0887. The summed E-state index contributed by atoms with van der Waals surface area (Å²) in [5.74, 6) is 0.00760. The van der Waals surface area contributed by atoms with Gasteiger partial charge in [0.05, 0.1) is 23.1 Å². The first-order valence-electron chi connectivity index (χ1n) is 9.17. The van der Waals surface area contributed by atoms with Crippen molar-refractivity contribution in [3.05, 3.63) is 63.0 Å². The summed E-state index contributed by atoms with van der Waals surface area (Å²) in [6.45, 7) is 5.50. The molecule has 6 nitrogen and oxygen atoms in total. The van der Waals surface area contributed by atoms with E-state index in [1.54, 1.807) is 10.9 Å². The highest BCUT2D eigenvalue weighted by atomic mass is 32.1. The van der Waals surface area contributed by atoms with Gasteiger partial charge in [0.25, 0.3) is 11.5 Å². The van der Waals surface area contributed by atoms with E-state index in [4.69, 9.17) is 0 Å². The first kappa shape index (κ1) is 17.9. The van der Waals surface area contributed by atoms with E-state index in [1.807, 2.05) is 42.2 Å². The predicted molar refractivity (Wildman–Crippen MR) is 108 cm³/mol. The number of carbonyl (C=O) groups excluding carboxylic acids is 1. The third-order valence-electron chi connectivity index (χ3n) is 4.93. The lowest BCUT2D eigenvalue weighted by atomic mass is 10.2. The van der Waals surface area contributed by atoms with Gasteiger partial charge in [0.1, 0.15) is 4.83 Å². The van der Waals surface area contributed by atoms with Crippen LogP contribution in [-0.2, 0) is 6.54 Å². The van der Waals surface area contributed by atoms with Crippen molar-refractivity contribution in [2.45, 2.75) is 19.9 Å². The van der Waals surface area contributed by atoms with Crippen LogP contribution in [0.4, 0.5) is 0 Å². The van der Waals surface area contributed by atoms with Crippen molar-refractivity contribution >= 4 is 27.5 Å². The largest absolute Gasteiger partial charge is 0.337 e. The highest BCUT2D eigenvalue weighted by Crippen LogP contribution is 2.28. The molecule has 1 amide bonds. The standard InChI is InChI=1S/C20H22N4O2S/c1-14-16-18(27-17(14)20(26)23-10-5-8-21-9-11-23)22-13-24(19(16)25)12-15-6-3-2-4-7-15/h2-4,6-7,13,21H,5,8-12H2,1H3. The Balaban J connectivity index is 1.70. The molecular weight excluding hydrogens is 360 g/mol. The van der Waals surface area contributed by atoms with Gasteiger partial charge in [-0.2, -0.15) is 0 Å². The molecule has 3 heterocycles. The molecule has 0 spiro atoms. The number of benzene rings is 1. The molecule has 140 valence electrons. The fourth-order valence-electron chi connectivity index (χ4n) is 3.45. The molecule has 1 aliphatic rings. The third kappa shape index (κ3) is 3.52. The van der Waals surface area contributed by atoms with Gasteiger partial charge in [-0.1, -0.05) is 30.3 Å². The molecule has 2 aromatic heterocycles. The molecular formula is C20H22N4O2S. The Hall–Kier alpha value is -2.51. The van der Waals surface area contributed by atoms with Crippen molar-refractivity contribution in [2.75, 3.05) is 26.2 Å². The van der Waals surface area contributed by atoms with Crippen LogP contribution in [0.1, 0.15) is 27.2 Å². The summed E-state index contributed by atoms with van der Waals surface area (Å²) in [6.07, 6.45) is 2.52. The molecule has 1 saturated heterocycles. The van der Waals surface area contributed by atoms with E-state index in [9.17, 15) is 9.59 Å². The highest BCUT2D eigenvalue weighted by molar-refractivity contribution is 7.20. The summed E-state index contributed by atoms with van der Waals surface area (Å²) in [4.78, 5) is 33.6. The van der Waals surface area contributed by atoms with Gasteiger partial charge in [0.15, 0.2) is 0 Å². The molecule has 0 aliphatic carbocycles. The van der Waals surface area contributed by atoms with Crippen molar-refractivity contribution < 1.29 is 4.79 Å². The maximum absolute atomic E-state index is 13.0. The average molecular weight is 382 g/mol. The van der Waals surface area contributed by atoms with E-state index >= 15 is 0 Å². The Kier molecular flexibility index (Phi) is 5.05. The van der Waals surface area contributed by atoms with Gasteiger partial charge in [-0.3, -0.25) is 14.2 Å². The van der Waals surface area contributed by atoms with Crippen LogP contribution in [0.2, 0.25) is 0 Å². The number of hydrogen-bond acceptors (Lipinski definition) is 5. The van der Waals surface area contributed by atoms with Crippen LogP contribution in [0.15, 0.2) is 41.5 Å². The molecule has 0 saturated carbocycles. The number of carbonyl (C=O) groups is 1. The summed E-state index contributed by atoms with van der Waals surface area (Å²) >= 11 is 1.33. The van der Waals surface area contributed by atoms with Crippen molar-refractivity contribution in [3.63, 3.8) is 0 Å². The Morgan fingerprint density at radius 3 is 2.85 bits per heavy atom. The van der Waals surface area contributed by atoms with Crippen LogP contribution in [0.3, 0.4) is 0 Å². The zero-order valence-electron chi connectivity index (χ0n) is 15.3. The molecule has 1 N–H and O–H groups in total. The number of fused-ring (bicyclic) bond motifs is 1. The molecule has 0 bridgehead atoms. The van der Waals surface area contributed by atoms with Crippen molar-refractivity contribution in [1.82, 2.24) is 19.8 Å². The molecule has 0 unspecified atom stereocenters. The number of rotatable bonds is 3. The lowest BCUT2D eigenvalue weighted by molar-refractivity contribution is 0.0770. The quantitative estimate of drug-likeness (QED) is 0.755. The maximum atomic E-state index is 13.0. The second-order valence-corrected chi connectivity index (χ2v) is 7.79. The minimum Gasteiger partial charge on any atom is -0.337 e. The number of thiophene rings is 1. The van der Waals surface area contributed by atoms with Gasteiger partial charge < -0.3 is 10.2 Å². The first-order chi connectivity index (χ1) is 13.1. The normalized spacial score (nSPS) is 15.1. The van der Waals surface area contributed by atoms with Gasteiger partial charge in [0, 0.05) is 19.6 Å². The van der Waals surface area contributed by atoms with E-state index in [2.05, 4.69) is 10.3 Å².